The molecule has 1 unspecified atom stereocenters. The van der Waals surface area contributed by atoms with Gasteiger partial charge in [-0.25, -0.2) is 0 Å². The van der Waals surface area contributed by atoms with E-state index in [0.717, 1.165) is 22.9 Å². The minimum absolute atomic E-state index is 0. The fourth-order valence-corrected chi connectivity index (χ4v) is 3.24. The molecule has 1 aliphatic rings. The van der Waals surface area contributed by atoms with Crippen molar-refractivity contribution >= 4 is 41.4 Å². The van der Waals surface area contributed by atoms with Gasteiger partial charge in [-0.3, -0.25) is 4.79 Å². The van der Waals surface area contributed by atoms with Crippen LogP contribution in [0.4, 0.5) is 0 Å². The van der Waals surface area contributed by atoms with Gasteiger partial charge < -0.3 is 9.88 Å². The molecule has 0 saturated carbocycles. The number of thiazole rings is 1. The molecule has 17 heavy (non-hydrogen) atoms. The molecular formula is C10H16ClN3OS2. The highest BCUT2D eigenvalue weighted by Crippen LogP contribution is 2.10. The fraction of sp³-hybridized carbons (Fsp3) is 0.600. The van der Waals surface area contributed by atoms with Crippen molar-refractivity contribution in [1.29, 1.82) is 0 Å². The summed E-state index contributed by atoms with van der Waals surface area (Å²) in [6.45, 7) is 0.995. The summed E-state index contributed by atoms with van der Waals surface area (Å²) in [5, 5.41) is 5.27. The second-order valence-corrected chi connectivity index (χ2v) is 5.75. The van der Waals surface area contributed by atoms with Gasteiger partial charge in [-0.05, 0) is 0 Å². The normalized spacial score (nSPS) is 21.0. The van der Waals surface area contributed by atoms with E-state index in [1.807, 2.05) is 35.0 Å². The highest BCUT2D eigenvalue weighted by molar-refractivity contribution is 7.99. The van der Waals surface area contributed by atoms with Crippen molar-refractivity contribution in [2.24, 2.45) is 12.0 Å². The third-order valence-electron chi connectivity index (χ3n) is 2.40. The number of hydrogen-bond donors (Lipinski definition) is 1. The first-order valence-corrected chi connectivity index (χ1v) is 7.28. The smallest absolute Gasteiger partial charge is 0.249 e. The molecule has 0 spiro atoms. The van der Waals surface area contributed by atoms with Gasteiger partial charge in [0.05, 0.1) is 0 Å². The Bertz CT molecular complexity index is 423. The molecule has 4 nitrogen and oxygen atoms in total. The van der Waals surface area contributed by atoms with Crippen molar-refractivity contribution < 1.29 is 4.79 Å². The molecule has 1 saturated heterocycles. The number of hydrogen-bond acceptors (Lipinski definition) is 4. The largest absolute Gasteiger partial charge is 0.327 e. The summed E-state index contributed by atoms with van der Waals surface area (Å²) in [7, 11) is 1.90. The van der Waals surface area contributed by atoms with Crippen molar-refractivity contribution in [2.75, 3.05) is 18.1 Å². The van der Waals surface area contributed by atoms with Crippen LogP contribution in [0.25, 0.3) is 0 Å². The second-order valence-electron chi connectivity index (χ2n) is 3.73. The number of nitrogens with zero attached hydrogens (tertiary/aromatic N) is 2. The molecule has 1 aliphatic heterocycles. The Kier molecular flexibility index (Phi) is 6.26. The van der Waals surface area contributed by atoms with Crippen LogP contribution in [-0.2, 0) is 11.8 Å². The maximum atomic E-state index is 11.7. The topological polar surface area (TPSA) is 46.4 Å². The van der Waals surface area contributed by atoms with Gasteiger partial charge in [0, 0.05) is 49.1 Å². The molecule has 2 rings (SSSR count). The van der Waals surface area contributed by atoms with Gasteiger partial charge >= 0.3 is 0 Å². The van der Waals surface area contributed by atoms with Crippen molar-refractivity contribution in [3.63, 3.8) is 0 Å². The number of amides is 1. The first-order chi connectivity index (χ1) is 7.75. The molecule has 0 bridgehead atoms. The highest BCUT2D eigenvalue weighted by atomic mass is 35.5. The second kappa shape index (κ2) is 7.20. The molecule has 7 heteroatoms. The minimum Gasteiger partial charge on any atom is -0.327 e. The van der Waals surface area contributed by atoms with E-state index in [2.05, 4.69) is 10.3 Å². The van der Waals surface area contributed by atoms with Gasteiger partial charge in [0.2, 0.25) is 5.91 Å². The van der Waals surface area contributed by atoms with Crippen LogP contribution in [0.15, 0.2) is 16.6 Å². The number of aromatic nitrogens is 1. The summed E-state index contributed by atoms with van der Waals surface area (Å²) in [6.07, 6.45) is 2.41. The molecule has 1 amide bonds. The van der Waals surface area contributed by atoms with Gasteiger partial charge in [0.25, 0.3) is 0 Å². The van der Waals surface area contributed by atoms with Crippen molar-refractivity contribution in [2.45, 2.75) is 12.5 Å². The van der Waals surface area contributed by atoms with Gasteiger partial charge in [-0.15, -0.1) is 23.7 Å². The SMILES string of the molecule is Cl.Cn1ccsc1=NC(=O)CC1CSCCN1. The van der Waals surface area contributed by atoms with Crippen LogP contribution in [0, 0.1) is 0 Å². The Morgan fingerprint density at radius 1 is 1.71 bits per heavy atom. The molecule has 96 valence electrons. The van der Waals surface area contributed by atoms with Crippen LogP contribution >= 0.6 is 35.5 Å². The monoisotopic (exact) mass is 293 g/mol. The predicted molar refractivity (Wildman–Crippen MR) is 74.8 cm³/mol. The predicted octanol–water partition coefficient (Wildman–Crippen LogP) is 1.03. The lowest BCUT2D eigenvalue weighted by Crippen LogP contribution is -2.38. The van der Waals surface area contributed by atoms with E-state index in [-0.39, 0.29) is 18.3 Å². The molecule has 1 atom stereocenters. The molecule has 1 N–H and O–H groups in total. The Morgan fingerprint density at radius 2 is 2.53 bits per heavy atom. The summed E-state index contributed by atoms with van der Waals surface area (Å²) >= 11 is 3.39. The van der Waals surface area contributed by atoms with Crippen LogP contribution in [0.2, 0.25) is 0 Å². The van der Waals surface area contributed by atoms with Crippen LogP contribution in [0.1, 0.15) is 6.42 Å². The third-order valence-corrected chi connectivity index (χ3v) is 4.38. The summed E-state index contributed by atoms with van der Waals surface area (Å²) < 4.78 is 1.87. The van der Waals surface area contributed by atoms with E-state index in [4.69, 9.17) is 0 Å². The fourth-order valence-electron chi connectivity index (χ4n) is 1.55. The lowest BCUT2D eigenvalue weighted by molar-refractivity contribution is -0.118. The number of carbonyl (C=O) groups excluding carboxylic acids is 1. The average molecular weight is 294 g/mol. The molecule has 1 aromatic rings. The van der Waals surface area contributed by atoms with Gasteiger partial charge in [0.15, 0.2) is 4.80 Å². The maximum Gasteiger partial charge on any atom is 0.249 e. The van der Waals surface area contributed by atoms with E-state index >= 15 is 0 Å². The Labute approximate surface area is 115 Å². The first kappa shape index (κ1) is 14.8. The van der Waals surface area contributed by atoms with E-state index < -0.39 is 0 Å². The summed E-state index contributed by atoms with van der Waals surface area (Å²) in [5.74, 6) is 2.12. The van der Waals surface area contributed by atoms with Gasteiger partial charge in [-0.1, -0.05) is 0 Å². The lowest BCUT2D eigenvalue weighted by atomic mass is 10.2. The number of rotatable bonds is 2. The van der Waals surface area contributed by atoms with Crippen LogP contribution in [-0.4, -0.2) is 34.6 Å². The number of nitrogens with one attached hydrogen (secondary N) is 1. The Balaban J connectivity index is 0.00000144. The molecule has 1 aromatic heterocycles. The van der Waals surface area contributed by atoms with Crippen LogP contribution < -0.4 is 10.1 Å². The molecule has 0 aromatic carbocycles. The summed E-state index contributed by atoms with van der Waals surface area (Å²) in [5.41, 5.74) is 0. The van der Waals surface area contributed by atoms with Gasteiger partial charge in [-0.2, -0.15) is 16.8 Å². The Morgan fingerprint density at radius 3 is 3.12 bits per heavy atom. The maximum absolute atomic E-state index is 11.7. The van der Waals surface area contributed by atoms with Crippen molar-refractivity contribution in [3.05, 3.63) is 16.4 Å². The van der Waals surface area contributed by atoms with E-state index in [1.165, 1.54) is 11.3 Å². The lowest BCUT2D eigenvalue weighted by Gasteiger charge is -2.21. The summed E-state index contributed by atoms with van der Waals surface area (Å²) in [6, 6.07) is 0.292. The number of thioether (sulfide) groups is 1. The molecular weight excluding hydrogens is 278 g/mol. The molecule has 2 heterocycles. The van der Waals surface area contributed by atoms with E-state index in [1.54, 1.807) is 0 Å². The molecule has 1 fully saturated rings. The van der Waals surface area contributed by atoms with Crippen molar-refractivity contribution in [1.82, 2.24) is 9.88 Å². The van der Waals surface area contributed by atoms with Crippen LogP contribution in [0.3, 0.4) is 0 Å². The third kappa shape index (κ3) is 4.46. The highest BCUT2D eigenvalue weighted by Gasteiger charge is 2.16. The summed E-state index contributed by atoms with van der Waals surface area (Å²) in [4.78, 5) is 16.6. The quantitative estimate of drug-likeness (QED) is 0.886. The van der Waals surface area contributed by atoms with Crippen LogP contribution in [0.5, 0.6) is 0 Å². The minimum atomic E-state index is -0.0296. The standard InChI is InChI=1S/C10H15N3OS2.ClH/c1-13-3-5-16-10(13)12-9(14)6-8-7-15-4-2-11-8;/h3,5,8,11H,2,4,6-7H2,1H3;1H. The van der Waals surface area contributed by atoms with Crippen molar-refractivity contribution in [3.8, 4) is 0 Å². The first-order valence-electron chi connectivity index (χ1n) is 5.24. The van der Waals surface area contributed by atoms with E-state index in [9.17, 15) is 4.79 Å². The zero-order valence-corrected chi connectivity index (χ0v) is 12.0. The Hall–Kier alpha value is -0.300. The number of carbonyl (C=O) groups is 1. The van der Waals surface area contributed by atoms with Gasteiger partial charge in [0.1, 0.15) is 0 Å². The molecule has 0 aliphatic carbocycles. The van der Waals surface area contributed by atoms with E-state index in [0.29, 0.717) is 12.5 Å². The zero-order valence-electron chi connectivity index (χ0n) is 9.59. The zero-order chi connectivity index (χ0) is 11.4. The number of halogens is 1. The number of aryl methyl sites for hydroxylation is 1. The molecule has 0 radical (unpaired) electrons. The average Bonchev–Trinajstić information content (AvgIpc) is 2.66.